The molecule has 0 aliphatic heterocycles. The highest BCUT2D eigenvalue weighted by Gasteiger charge is 2.34. The number of benzene rings is 1. The standard InChI is InChI=1S/C15H23NO/c1-14(2,17)12-6-5-7-13(10-12)15(11-16)8-3-4-9-15/h5-7,10,17H,3-4,8-9,11,16H2,1-2H3. The van der Waals surface area contributed by atoms with E-state index >= 15 is 0 Å². The summed E-state index contributed by atoms with van der Waals surface area (Å²) in [6.07, 6.45) is 4.89. The molecule has 1 fully saturated rings. The molecule has 0 amide bonds. The molecule has 1 saturated carbocycles. The largest absolute Gasteiger partial charge is 0.386 e. The SMILES string of the molecule is CC(C)(O)c1cccc(C2(CN)CCCC2)c1. The molecule has 17 heavy (non-hydrogen) atoms. The highest BCUT2D eigenvalue weighted by molar-refractivity contribution is 5.34. The lowest BCUT2D eigenvalue weighted by Crippen LogP contribution is -2.32. The quantitative estimate of drug-likeness (QED) is 0.843. The predicted octanol–water partition coefficient (Wildman–Crippen LogP) is 2.68. The molecule has 1 aliphatic rings. The van der Waals surface area contributed by atoms with E-state index in [0.717, 1.165) is 5.56 Å². The Labute approximate surface area is 104 Å². The van der Waals surface area contributed by atoms with Crippen molar-refractivity contribution in [3.05, 3.63) is 35.4 Å². The molecule has 0 aromatic heterocycles. The minimum absolute atomic E-state index is 0.154. The van der Waals surface area contributed by atoms with Crippen molar-refractivity contribution < 1.29 is 5.11 Å². The Bertz CT molecular complexity index is 386. The van der Waals surface area contributed by atoms with Crippen LogP contribution >= 0.6 is 0 Å². The maximum atomic E-state index is 10.1. The summed E-state index contributed by atoms with van der Waals surface area (Å²) in [5.74, 6) is 0. The number of nitrogens with two attached hydrogens (primary N) is 1. The van der Waals surface area contributed by atoms with Crippen molar-refractivity contribution in [2.45, 2.75) is 50.5 Å². The summed E-state index contributed by atoms with van der Waals surface area (Å²) in [6, 6.07) is 8.33. The van der Waals surface area contributed by atoms with Gasteiger partial charge in [0.25, 0.3) is 0 Å². The van der Waals surface area contributed by atoms with Crippen LogP contribution < -0.4 is 5.73 Å². The van der Waals surface area contributed by atoms with Crippen molar-refractivity contribution in [3.63, 3.8) is 0 Å². The Kier molecular flexibility index (Phi) is 3.28. The molecule has 2 nitrogen and oxygen atoms in total. The van der Waals surface area contributed by atoms with Gasteiger partial charge in [-0.2, -0.15) is 0 Å². The molecule has 0 heterocycles. The van der Waals surface area contributed by atoms with Crippen molar-refractivity contribution in [2.24, 2.45) is 5.73 Å². The van der Waals surface area contributed by atoms with Crippen LogP contribution in [0.2, 0.25) is 0 Å². The molecule has 94 valence electrons. The summed E-state index contributed by atoms with van der Waals surface area (Å²) < 4.78 is 0. The fraction of sp³-hybridized carbons (Fsp3) is 0.600. The van der Waals surface area contributed by atoms with Gasteiger partial charge in [0.15, 0.2) is 0 Å². The average molecular weight is 233 g/mol. The van der Waals surface area contributed by atoms with Crippen LogP contribution in [0, 0.1) is 0 Å². The molecule has 0 saturated heterocycles. The number of rotatable bonds is 3. The summed E-state index contributed by atoms with van der Waals surface area (Å²) in [7, 11) is 0. The van der Waals surface area contributed by atoms with Crippen LogP contribution in [0.1, 0.15) is 50.7 Å². The number of aliphatic hydroxyl groups is 1. The smallest absolute Gasteiger partial charge is 0.0840 e. The van der Waals surface area contributed by atoms with E-state index < -0.39 is 5.60 Å². The molecule has 1 aromatic rings. The van der Waals surface area contributed by atoms with E-state index in [4.69, 9.17) is 5.73 Å². The third-order valence-corrected chi connectivity index (χ3v) is 4.13. The minimum Gasteiger partial charge on any atom is -0.386 e. The third-order valence-electron chi connectivity index (χ3n) is 4.13. The third kappa shape index (κ3) is 2.38. The van der Waals surface area contributed by atoms with Crippen molar-refractivity contribution in [1.82, 2.24) is 0 Å². The lowest BCUT2D eigenvalue weighted by Gasteiger charge is -2.29. The van der Waals surface area contributed by atoms with Gasteiger partial charge in [-0.05, 0) is 37.8 Å². The highest BCUT2D eigenvalue weighted by atomic mass is 16.3. The molecule has 0 atom stereocenters. The topological polar surface area (TPSA) is 46.2 Å². The summed E-state index contributed by atoms with van der Waals surface area (Å²) in [4.78, 5) is 0. The number of hydrogen-bond donors (Lipinski definition) is 2. The van der Waals surface area contributed by atoms with Gasteiger partial charge in [-0.15, -0.1) is 0 Å². The molecule has 1 aliphatic carbocycles. The van der Waals surface area contributed by atoms with E-state index in [9.17, 15) is 5.11 Å². The van der Waals surface area contributed by atoms with Crippen LogP contribution in [0.25, 0.3) is 0 Å². The maximum absolute atomic E-state index is 10.1. The van der Waals surface area contributed by atoms with Crippen LogP contribution in [0.4, 0.5) is 0 Å². The van der Waals surface area contributed by atoms with Crippen molar-refractivity contribution >= 4 is 0 Å². The monoisotopic (exact) mass is 233 g/mol. The Morgan fingerprint density at radius 1 is 1.29 bits per heavy atom. The number of hydrogen-bond acceptors (Lipinski definition) is 2. The van der Waals surface area contributed by atoms with E-state index in [1.54, 1.807) is 0 Å². The van der Waals surface area contributed by atoms with Gasteiger partial charge in [-0.1, -0.05) is 37.1 Å². The first-order valence-electron chi connectivity index (χ1n) is 6.51. The molecular formula is C15H23NO. The summed E-state index contributed by atoms with van der Waals surface area (Å²) in [5.41, 5.74) is 7.66. The molecule has 0 bridgehead atoms. The Morgan fingerprint density at radius 2 is 1.94 bits per heavy atom. The van der Waals surface area contributed by atoms with Gasteiger partial charge in [-0.3, -0.25) is 0 Å². The first kappa shape index (κ1) is 12.6. The highest BCUT2D eigenvalue weighted by Crippen LogP contribution is 2.41. The fourth-order valence-electron chi connectivity index (χ4n) is 2.89. The lowest BCUT2D eigenvalue weighted by atomic mass is 9.77. The van der Waals surface area contributed by atoms with E-state index in [2.05, 4.69) is 12.1 Å². The Morgan fingerprint density at radius 3 is 2.47 bits per heavy atom. The van der Waals surface area contributed by atoms with Crippen LogP contribution in [0.5, 0.6) is 0 Å². The van der Waals surface area contributed by atoms with Gasteiger partial charge in [0.1, 0.15) is 0 Å². The molecule has 3 N–H and O–H groups in total. The van der Waals surface area contributed by atoms with Crippen LogP contribution in [-0.2, 0) is 11.0 Å². The lowest BCUT2D eigenvalue weighted by molar-refractivity contribution is 0.0784. The zero-order valence-electron chi connectivity index (χ0n) is 10.9. The first-order valence-corrected chi connectivity index (χ1v) is 6.51. The zero-order valence-corrected chi connectivity index (χ0v) is 10.9. The van der Waals surface area contributed by atoms with E-state index in [-0.39, 0.29) is 5.41 Å². The first-order chi connectivity index (χ1) is 7.98. The normalized spacial score (nSPS) is 19.5. The van der Waals surface area contributed by atoms with Crippen molar-refractivity contribution in [1.29, 1.82) is 0 Å². The second-order valence-corrected chi connectivity index (χ2v) is 5.83. The Hall–Kier alpha value is -0.860. The molecule has 0 unspecified atom stereocenters. The van der Waals surface area contributed by atoms with Gasteiger partial charge in [0.05, 0.1) is 5.60 Å². The van der Waals surface area contributed by atoms with Gasteiger partial charge in [0, 0.05) is 12.0 Å². The molecule has 2 rings (SSSR count). The fourth-order valence-corrected chi connectivity index (χ4v) is 2.89. The van der Waals surface area contributed by atoms with Crippen molar-refractivity contribution in [2.75, 3.05) is 6.54 Å². The average Bonchev–Trinajstić information content (AvgIpc) is 2.78. The van der Waals surface area contributed by atoms with Crippen LogP contribution in [0.3, 0.4) is 0 Å². The van der Waals surface area contributed by atoms with Crippen molar-refractivity contribution in [3.8, 4) is 0 Å². The molecule has 1 aromatic carbocycles. The second-order valence-electron chi connectivity index (χ2n) is 5.83. The Balaban J connectivity index is 2.39. The molecule has 0 spiro atoms. The molecule has 0 radical (unpaired) electrons. The predicted molar refractivity (Wildman–Crippen MR) is 70.9 cm³/mol. The summed E-state index contributed by atoms with van der Waals surface area (Å²) in [6.45, 7) is 4.37. The summed E-state index contributed by atoms with van der Waals surface area (Å²) in [5, 5.41) is 10.1. The van der Waals surface area contributed by atoms with Gasteiger partial charge in [0.2, 0.25) is 0 Å². The van der Waals surface area contributed by atoms with Gasteiger partial charge in [-0.25, -0.2) is 0 Å². The van der Waals surface area contributed by atoms with Gasteiger partial charge >= 0.3 is 0 Å². The molecule has 2 heteroatoms. The zero-order chi connectivity index (χ0) is 12.5. The maximum Gasteiger partial charge on any atom is 0.0840 e. The summed E-state index contributed by atoms with van der Waals surface area (Å²) >= 11 is 0. The van der Waals surface area contributed by atoms with Crippen LogP contribution in [-0.4, -0.2) is 11.7 Å². The van der Waals surface area contributed by atoms with E-state index in [1.807, 2.05) is 26.0 Å². The van der Waals surface area contributed by atoms with Gasteiger partial charge < -0.3 is 10.8 Å². The minimum atomic E-state index is -0.773. The van der Waals surface area contributed by atoms with E-state index in [1.165, 1.54) is 31.2 Å². The molecular weight excluding hydrogens is 210 g/mol. The van der Waals surface area contributed by atoms with Crippen LogP contribution in [0.15, 0.2) is 24.3 Å². The van der Waals surface area contributed by atoms with E-state index in [0.29, 0.717) is 6.54 Å². The second kappa shape index (κ2) is 4.43.